The predicted octanol–water partition coefficient (Wildman–Crippen LogP) is 6.08. The summed E-state index contributed by atoms with van der Waals surface area (Å²) in [6.45, 7) is 15.1. The Labute approximate surface area is 161 Å². The molecule has 1 saturated carbocycles. The molecule has 1 fully saturated rings. The Bertz CT molecular complexity index is 591. The average Bonchev–Trinajstić information content (AvgIpc) is 3.45. The van der Waals surface area contributed by atoms with Gasteiger partial charge in [-0.25, -0.2) is 0 Å². The Morgan fingerprint density at radius 3 is 2.31 bits per heavy atom. The second-order valence-electron chi connectivity index (χ2n) is 7.45. The molecular formula is C23H38N2O. The zero-order valence-corrected chi connectivity index (χ0v) is 17.8. The number of ketones is 1. The fraction of sp³-hybridized carbons (Fsp3) is 0.652. The van der Waals surface area contributed by atoms with E-state index in [0.717, 1.165) is 49.9 Å². The lowest BCUT2D eigenvalue weighted by atomic mass is 10.0. The summed E-state index contributed by atoms with van der Waals surface area (Å²) in [6.07, 6.45) is 9.83. The first-order valence-corrected chi connectivity index (χ1v) is 10.2. The van der Waals surface area contributed by atoms with Gasteiger partial charge in [0.2, 0.25) is 0 Å². The van der Waals surface area contributed by atoms with Crippen LogP contribution in [0.5, 0.6) is 0 Å². The zero-order chi connectivity index (χ0) is 19.7. The zero-order valence-electron chi connectivity index (χ0n) is 17.8. The van der Waals surface area contributed by atoms with E-state index in [1.165, 1.54) is 24.1 Å². The van der Waals surface area contributed by atoms with Crippen molar-refractivity contribution in [3.63, 3.8) is 0 Å². The standard InChI is InChI=1S/C23H38N2O/c1-8-11-13-21(16-25(7)17(4)10-3)18(5)23(19(6)26)24-22(12-9-2)20-14-15-20/h13,20H,4,8-12,14-16H2,1-3,5-7H3/b21-13+,23-18+,24-22+. The van der Waals surface area contributed by atoms with E-state index in [-0.39, 0.29) is 5.78 Å². The van der Waals surface area contributed by atoms with Crippen molar-refractivity contribution in [3.05, 3.63) is 35.2 Å². The molecule has 3 nitrogen and oxygen atoms in total. The highest BCUT2D eigenvalue weighted by molar-refractivity contribution is 5.99. The number of Topliss-reactive ketones (excluding diaryl/α,β-unsaturated/α-hetero) is 1. The SMILES string of the molecule is C=C(CC)N(C)CC(=C\CCC)/C(C)=C(/N=C(\CCC)C1CC1)C(C)=O. The van der Waals surface area contributed by atoms with Crippen LogP contribution in [0.2, 0.25) is 0 Å². The first kappa shape index (κ1) is 22.4. The molecule has 0 spiro atoms. The maximum absolute atomic E-state index is 12.4. The van der Waals surface area contributed by atoms with E-state index in [1.54, 1.807) is 6.92 Å². The third kappa shape index (κ3) is 6.93. The highest BCUT2D eigenvalue weighted by atomic mass is 16.1. The fourth-order valence-corrected chi connectivity index (χ4v) is 3.04. The molecule has 0 aromatic rings. The normalized spacial score (nSPS) is 16.4. The van der Waals surface area contributed by atoms with Crippen LogP contribution in [0.15, 0.2) is 40.2 Å². The summed E-state index contributed by atoms with van der Waals surface area (Å²) in [4.78, 5) is 19.5. The third-order valence-corrected chi connectivity index (χ3v) is 5.02. The molecule has 0 atom stereocenters. The summed E-state index contributed by atoms with van der Waals surface area (Å²) >= 11 is 0. The number of likely N-dealkylation sites (N-methyl/N-ethyl adjacent to an activating group) is 1. The number of carbonyl (C=O) groups excluding carboxylic acids is 1. The van der Waals surface area contributed by atoms with Gasteiger partial charge in [0.05, 0.1) is 0 Å². The highest BCUT2D eigenvalue weighted by Crippen LogP contribution is 2.33. The summed E-state index contributed by atoms with van der Waals surface area (Å²) in [6, 6.07) is 0. The van der Waals surface area contributed by atoms with Crippen molar-refractivity contribution in [1.82, 2.24) is 4.90 Å². The van der Waals surface area contributed by atoms with Crippen LogP contribution in [0.3, 0.4) is 0 Å². The average molecular weight is 359 g/mol. The van der Waals surface area contributed by atoms with Crippen molar-refractivity contribution in [1.29, 1.82) is 0 Å². The van der Waals surface area contributed by atoms with E-state index in [0.29, 0.717) is 11.6 Å². The van der Waals surface area contributed by atoms with Crippen molar-refractivity contribution in [3.8, 4) is 0 Å². The molecule has 146 valence electrons. The van der Waals surface area contributed by atoms with Crippen molar-refractivity contribution in [2.75, 3.05) is 13.6 Å². The monoisotopic (exact) mass is 358 g/mol. The number of carbonyl (C=O) groups is 1. The minimum Gasteiger partial charge on any atom is -0.374 e. The molecule has 26 heavy (non-hydrogen) atoms. The second-order valence-corrected chi connectivity index (χ2v) is 7.45. The number of aliphatic imine (C=N–C) groups is 1. The Hall–Kier alpha value is -1.64. The Morgan fingerprint density at radius 1 is 1.19 bits per heavy atom. The van der Waals surface area contributed by atoms with Gasteiger partial charge in [-0.2, -0.15) is 0 Å². The molecule has 0 radical (unpaired) electrons. The van der Waals surface area contributed by atoms with Gasteiger partial charge in [0, 0.05) is 31.9 Å². The topological polar surface area (TPSA) is 32.7 Å². The van der Waals surface area contributed by atoms with Crippen molar-refractivity contribution in [2.24, 2.45) is 10.9 Å². The molecule has 0 bridgehead atoms. The van der Waals surface area contributed by atoms with Crippen LogP contribution in [0, 0.1) is 5.92 Å². The minimum atomic E-state index is 0.0659. The number of unbranched alkanes of at least 4 members (excludes halogenated alkanes) is 1. The van der Waals surface area contributed by atoms with Gasteiger partial charge in [0.1, 0.15) is 5.70 Å². The number of nitrogens with zero attached hydrogens (tertiary/aromatic N) is 2. The minimum absolute atomic E-state index is 0.0659. The Kier molecular flexibility index (Phi) is 9.61. The van der Waals surface area contributed by atoms with E-state index in [1.807, 2.05) is 0 Å². The molecule has 1 aliphatic rings. The molecule has 0 aromatic carbocycles. The second kappa shape index (κ2) is 11.2. The maximum Gasteiger partial charge on any atom is 0.178 e. The van der Waals surface area contributed by atoms with Crippen LogP contribution in [0.4, 0.5) is 0 Å². The molecule has 1 aliphatic carbocycles. The third-order valence-electron chi connectivity index (χ3n) is 5.02. The number of hydrogen-bond donors (Lipinski definition) is 0. The summed E-state index contributed by atoms with van der Waals surface area (Å²) in [5, 5.41) is 0. The predicted molar refractivity (Wildman–Crippen MR) is 114 cm³/mol. The smallest absolute Gasteiger partial charge is 0.178 e. The molecule has 0 unspecified atom stereocenters. The number of hydrogen-bond acceptors (Lipinski definition) is 3. The lowest BCUT2D eigenvalue weighted by molar-refractivity contribution is -0.113. The largest absolute Gasteiger partial charge is 0.374 e. The van der Waals surface area contributed by atoms with E-state index in [2.05, 4.69) is 52.3 Å². The summed E-state index contributed by atoms with van der Waals surface area (Å²) < 4.78 is 0. The van der Waals surface area contributed by atoms with Crippen LogP contribution in [0.25, 0.3) is 0 Å². The molecule has 0 N–H and O–H groups in total. The van der Waals surface area contributed by atoms with Gasteiger partial charge in [-0.05, 0) is 56.1 Å². The lowest BCUT2D eigenvalue weighted by Crippen LogP contribution is -2.21. The van der Waals surface area contributed by atoms with Gasteiger partial charge in [-0.1, -0.05) is 46.3 Å². The number of allylic oxidation sites excluding steroid dienone is 3. The molecule has 1 rings (SSSR count). The van der Waals surface area contributed by atoms with Crippen LogP contribution >= 0.6 is 0 Å². The molecule has 3 heteroatoms. The first-order chi connectivity index (χ1) is 12.3. The lowest BCUT2D eigenvalue weighted by Gasteiger charge is -2.23. The van der Waals surface area contributed by atoms with Gasteiger partial charge in [-0.15, -0.1) is 0 Å². The van der Waals surface area contributed by atoms with Gasteiger partial charge >= 0.3 is 0 Å². The van der Waals surface area contributed by atoms with Gasteiger partial charge < -0.3 is 4.90 Å². The van der Waals surface area contributed by atoms with Gasteiger partial charge in [-0.3, -0.25) is 9.79 Å². The first-order valence-electron chi connectivity index (χ1n) is 10.2. The van der Waals surface area contributed by atoms with E-state index in [9.17, 15) is 4.79 Å². The quantitative estimate of drug-likeness (QED) is 0.240. The fourth-order valence-electron chi connectivity index (χ4n) is 3.04. The summed E-state index contributed by atoms with van der Waals surface area (Å²) in [5.41, 5.74) is 5.20. The highest BCUT2D eigenvalue weighted by Gasteiger charge is 2.27. The van der Waals surface area contributed by atoms with Gasteiger partial charge in [0.15, 0.2) is 5.78 Å². The van der Waals surface area contributed by atoms with Crippen LogP contribution in [0.1, 0.15) is 79.6 Å². The summed E-state index contributed by atoms with van der Waals surface area (Å²) in [5.74, 6) is 0.666. The van der Waals surface area contributed by atoms with Crippen LogP contribution in [-0.4, -0.2) is 30.0 Å². The van der Waals surface area contributed by atoms with Crippen molar-refractivity contribution in [2.45, 2.75) is 79.6 Å². The Balaban J connectivity index is 3.25. The van der Waals surface area contributed by atoms with Crippen molar-refractivity contribution >= 4 is 11.5 Å². The molecule has 0 amide bonds. The van der Waals surface area contributed by atoms with E-state index < -0.39 is 0 Å². The van der Waals surface area contributed by atoms with Crippen LogP contribution in [-0.2, 0) is 4.79 Å². The molecule has 0 aromatic heterocycles. The van der Waals surface area contributed by atoms with Gasteiger partial charge in [0.25, 0.3) is 0 Å². The molecular weight excluding hydrogens is 320 g/mol. The van der Waals surface area contributed by atoms with Crippen LogP contribution < -0.4 is 0 Å². The Morgan fingerprint density at radius 2 is 1.85 bits per heavy atom. The molecule has 0 heterocycles. The summed E-state index contributed by atoms with van der Waals surface area (Å²) in [7, 11) is 2.07. The molecule has 0 aliphatic heterocycles. The van der Waals surface area contributed by atoms with E-state index in [4.69, 9.17) is 4.99 Å². The number of rotatable bonds is 12. The van der Waals surface area contributed by atoms with Crippen molar-refractivity contribution < 1.29 is 4.79 Å². The maximum atomic E-state index is 12.4. The van der Waals surface area contributed by atoms with E-state index >= 15 is 0 Å². The molecule has 0 saturated heterocycles.